The topological polar surface area (TPSA) is 38.0 Å². The van der Waals surface area contributed by atoms with Crippen LogP contribution in [0, 0.1) is 0 Å². The third-order valence-electron chi connectivity index (χ3n) is 3.00. The van der Waals surface area contributed by atoms with E-state index in [0.29, 0.717) is 12.6 Å². The van der Waals surface area contributed by atoms with E-state index in [1.165, 1.54) is 36.1 Å². The summed E-state index contributed by atoms with van der Waals surface area (Å²) < 4.78 is 3.55. The van der Waals surface area contributed by atoms with Crippen LogP contribution in [-0.2, 0) is 0 Å². The second-order valence-electron chi connectivity index (χ2n) is 4.41. The highest BCUT2D eigenvalue weighted by atomic mass is 32.2. The Labute approximate surface area is 108 Å². The zero-order valence-corrected chi connectivity index (χ0v) is 10.9. The molecule has 3 heteroatoms. The van der Waals surface area contributed by atoms with Crippen LogP contribution in [0.1, 0.15) is 31.2 Å². The molecule has 3 N–H and O–H groups in total. The van der Waals surface area contributed by atoms with Crippen LogP contribution in [0.4, 0.5) is 0 Å². The lowest BCUT2D eigenvalue weighted by atomic mass is 10.2. The van der Waals surface area contributed by atoms with E-state index in [1.807, 2.05) is 6.08 Å². The summed E-state index contributed by atoms with van der Waals surface area (Å²) in [6.07, 6.45) is 9.43. The van der Waals surface area contributed by atoms with Gasteiger partial charge in [0.05, 0.1) is 0 Å². The van der Waals surface area contributed by atoms with Gasteiger partial charge in [0.25, 0.3) is 0 Å². The smallest absolute Gasteiger partial charge is 0.0234 e. The molecule has 0 unspecified atom stereocenters. The maximum atomic E-state index is 5.45. The molecule has 1 fully saturated rings. The van der Waals surface area contributed by atoms with Gasteiger partial charge in [0.2, 0.25) is 0 Å². The molecule has 0 heterocycles. The Morgan fingerprint density at radius 3 is 2.94 bits per heavy atom. The van der Waals surface area contributed by atoms with Crippen molar-refractivity contribution in [1.82, 2.24) is 4.72 Å². The van der Waals surface area contributed by atoms with Crippen molar-refractivity contribution >= 4 is 18.0 Å². The third-order valence-corrected chi connectivity index (χ3v) is 3.94. The molecule has 1 aromatic rings. The molecule has 0 bridgehead atoms. The van der Waals surface area contributed by atoms with Crippen molar-refractivity contribution in [3.63, 3.8) is 0 Å². The van der Waals surface area contributed by atoms with E-state index in [2.05, 4.69) is 35.1 Å². The quantitative estimate of drug-likeness (QED) is 0.786. The van der Waals surface area contributed by atoms with Gasteiger partial charge in [-0.05, 0) is 42.5 Å². The summed E-state index contributed by atoms with van der Waals surface area (Å²) in [6.45, 7) is 0.595. The first-order valence-corrected chi connectivity index (χ1v) is 7.09. The van der Waals surface area contributed by atoms with Crippen LogP contribution in [0.15, 0.2) is 35.2 Å². The first-order valence-electron chi connectivity index (χ1n) is 6.27. The van der Waals surface area contributed by atoms with Gasteiger partial charge in [0.1, 0.15) is 0 Å². The van der Waals surface area contributed by atoms with E-state index in [-0.39, 0.29) is 0 Å². The van der Waals surface area contributed by atoms with Gasteiger partial charge in [-0.2, -0.15) is 0 Å². The summed E-state index contributed by atoms with van der Waals surface area (Å²) >= 11 is 1.75. The first kappa shape index (κ1) is 12.7. The molecule has 0 amide bonds. The molecule has 0 aliphatic heterocycles. The average molecular weight is 248 g/mol. The highest BCUT2D eigenvalue weighted by Crippen LogP contribution is 2.23. The number of nitrogens with one attached hydrogen (secondary N) is 1. The fraction of sp³-hybridized carbons (Fsp3) is 0.429. The zero-order valence-electron chi connectivity index (χ0n) is 10.1. The predicted molar refractivity (Wildman–Crippen MR) is 75.8 cm³/mol. The Balaban J connectivity index is 1.89. The number of rotatable bonds is 5. The van der Waals surface area contributed by atoms with Crippen LogP contribution < -0.4 is 10.5 Å². The van der Waals surface area contributed by atoms with Crippen molar-refractivity contribution in [3.8, 4) is 0 Å². The van der Waals surface area contributed by atoms with Gasteiger partial charge in [-0.3, -0.25) is 4.72 Å². The minimum absolute atomic E-state index is 0.595. The Bertz CT molecular complexity index is 370. The van der Waals surface area contributed by atoms with Crippen LogP contribution in [0.3, 0.4) is 0 Å². The Morgan fingerprint density at radius 2 is 2.18 bits per heavy atom. The molecule has 0 saturated heterocycles. The van der Waals surface area contributed by atoms with Gasteiger partial charge in [-0.15, -0.1) is 0 Å². The molecule has 0 radical (unpaired) electrons. The minimum atomic E-state index is 0.595. The van der Waals surface area contributed by atoms with E-state index >= 15 is 0 Å². The van der Waals surface area contributed by atoms with E-state index in [0.717, 1.165) is 0 Å². The standard InChI is InChI=1S/C14H20N2S/c15-10-4-6-12-5-3-9-14(11-12)17-16-13-7-1-2-8-13/h3-6,9,11,13,16H,1-2,7-8,10,15H2/b6-4+. The summed E-state index contributed by atoms with van der Waals surface area (Å²) in [4.78, 5) is 1.27. The maximum absolute atomic E-state index is 5.45. The molecule has 0 aromatic heterocycles. The molecule has 1 aliphatic rings. The Hall–Kier alpha value is -0.770. The molecule has 2 rings (SSSR count). The Kier molecular flexibility index (Phi) is 5.10. The number of hydrogen-bond donors (Lipinski definition) is 2. The molecule has 17 heavy (non-hydrogen) atoms. The van der Waals surface area contributed by atoms with Crippen molar-refractivity contribution in [3.05, 3.63) is 35.9 Å². The Morgan fingerprint density at radius 1 is 1.35 bits per heavy atom. The van der Waals surface area contributed by atoms with Crippen molar-refractivity contribution in [1.29, 1.82) is 0 Å². The molecule has 1 aliphatic carbocycles. The minimum Gasteiger partial charge on any atom is -0.327 e. The van der Waals surface area contributed by atoms with Gasteiger partial charge < -0.3 is 5.73 Å². The van der Waals surface area contributed by atoms with Crippen LogP contribution in [0.25, 0.3) is 6.08 Å². The number of hydrogen-bond acceptors (Lipinski definition) is 3. The molecule has 92 valence electrons. The van der Waals surface area contributed by atoms with Gasteiger partial charge in [-0.1, -0.05) is 37.1 Å². The van der Waals surface area contributed by atoms with E-state index in [1.54, 1.807) is 11.9 Å². The van der Waals surface area contributed by atoms with Crippen LogP contribution >= 0.6 is 11.9 Å². The fourth-order valence-corrected chi connectivity index (χ4v) is 2.96. The van der Waals surface area contributed by atoms with E-state index < -0.39 is 0 Å². The summed E-state index contributed by atoms with van der Waals surface area (Å²) in [6, 6.07) is 9.23. The summed E-state index contributed by atoms with van der Waals surface area (Å²) in [5.41, 5.74) is 6.67. The largest absolute Gasteiger partial charge is 0.327 e. The van der Waals surface area contributed by atoms with Crippen molar-refractivity contribution < 1.29 is 0 Å². The van der Waals surface area contributed by atoms with Crippen molar-refractivity contribution in [2.75, 3.05) is 6.54 Å². The van der Waals surface area contributed by atoms with E-state index in [9.17, 15) is 0 Å². The second kappa shape index (κ2) is 6.84. The lowest BCUT2D eigenvalue weighted by Crippen LogP contribution is -2.18. The number of nitrogens with two attached hydrogens (primary N) is 1. The average Bonchev–Trinajstić information content (AvgIpc) is 2.87. The van der Waals surface area contributed by atoms with Gasteiger partial charge in [0, 0.05) is 17.5 Å². The molecule has 1 aromatic carbocycles. The first-order chi connectivity index (χ1) is 8.38. The van der Waals surface area contributed by atoms with Crippen LogP contribution in [0.5, 0.6) is 0 Å². The molecule has 0 atom stereocenters. The predicted octanol–water partition coefficient (Wildman–Crippen LogP) is 3.20. The van der Waals surface area contributed by atoms with Gasteiger partial charge in [0.15, 0.2) is 0 Å². The molecule has 1 saturated carbocycles. The fourth-order valence-electron chi connectivity index (χ4n) is 2.08. The van der Waals surface area contributed by atoms with Crippen LogP contribution in [0.2, 0.25) is 0 Å². The molecular formula is C14H20N2S. The summed E-state index contributed by atoms with van der Waals surface area (Å²) in [7, 11) is 0. The normalized spacial score (nSPS) is 17.0. The molecule has 2 nitrogen and oxygen atoms in total. The monoisotopic (exact) mass is 248 g/mol. The highest BCUT2D eigenvalue weighted by Gasteiger charge is 2.14. The van der Waals surface area contributed by atoms with Crippen LogP contribution in [-0.4, -0.2) is 12.6 Å². The lowest BCUT2D eigenvalue weighted by molar-refractivity contribution is 0.657. The second-order valence-corrected chi connectivity index (χ2v) is 5.32. The van der Waals surface area contributed by atoms with Gasteiger partial charge in [-0.25, -0.2) is 0 Å². The van der Waals surface area contributed by atoms with Crippen molar-refractivity contribution in [2.24, 2.45) is 5.73 Å². The summed E-state index contributed by atoms with van der Waals surface area (Å²) in [5, 5.41) is 0. The third kappa shape index (κ3) is 4.19. The SMILES string of the molecule is NC/C=C/c1cccc(SNC2CCCC2)c1. The maximum Gasteiger partial charge on any atom is 0.0234 e. The highest BCUT2D eigenvalue weighted by molar-refractivity contribution is 7.97. The lowest BCUT2D eigenvalue weighted by Gasteiger charge is -2.10. The molecular weight excluding hydrogens is 228 g/mol. The van der Waals surface area contributed by atoms with E-state index in [4.69, 9.17) is 5.73 Å². The van der Waals surface area contributed by atoms with Gasteiger partial charge >= 0.3 is 0 Å². The summed E-state index contributed by atoms with van der Waals surface area (Å²) in [5.74, 6) is 0. The molecule has 0 spiro atoms. The number of benzene rings is 1. The zero-order chi connectivity index (χ0) is 11.9. The van der Waals surface area contributed by atoms with Crippen molar-refractivity contribution in [2.45, 2.75) is 36.6 Å².